The van der Waals surface area contributed by atoms with E-state index in [-0.39, 0.29) is 6.61 Å². The molecule has 2 aliphatic rings. The first-order chi connectivity index (χ1) is 18.5. The number of hydrogen-bond donors (Lipinski definition) is 1. The minimum atomic E-state index is -0.742. The molecule has 0 radical (unpaired) electrons. The topological polar surface area (TPSA) is 107 Å². The Hall–Kier alpha value is -3.98. The highest BCUT2D eigenvalue weighted by Crippen LogP contribution is 2.41. The lowest BCUT2D eigenvalue weighted by Gasteiger charge is -2.32. The van der Waals surface area contributed by atoms with Crippen LogP contribution in [0.1, 0.15) is 49.7 Å². The lowest BCUT2D eigenvalue weighted by atomic mass is 9.80. The van der Waals surface area contributed by atoms with Crippen molar-refractivity contribution in [3.8, 4) is 0 Å². The van der Waals surface area contributed by atoms with Gasteiger partial charge in [0.1, 0.15) is 17.6 Å². The molecule has 9 heteroatoms. The molecule has 1 N–H and O–H groups in total. The van der Waals surface area contributed by atoms with Crippen molar-refractivity contribution in [2.75, 3.05) is 33.4 Å². The highest BCUT2D eigenvalue weighted by molar-refractivity contribution is 6.01. The minimum absolute atomic E-state index is 0.254. The Kier molecular flexibility index (Phi) is 7.55. The second-order valence-corrected chi connectivity index (χ2v) is 9.77. The van der Waals surface area contributed by atoms with Gasteiger partial charge in [0.05, 0.1) is 24.2 Å². The number of carbonyl (C=O) groups is 2. The van der Waals surface area contributed by atoms with E-state index in [2.05, 4.69) is 44.8 Å². The number of carbonyl (C=O) groups excluding carboxylic acids is 2. The maximum Gasteiger partial charge on any atom is 0.336 e. The fourth-order valence-corrected chi connectivity index (χ4v) is 5.58. The third kappa shape index (κ3) is 5.06. The Labute approximate surface area is 221 Å². The molecule has 3 heterocycles. The summed E-state index contributed by atoms with van der Waals surface area (Å²) in [5, 5.41) is 11.1. The van der Waals surface area contributed by atoms with Gasteiger partial charge in [0, 0.05) is 17.9 Å². The maximum atomic E-state index is 13.5. The summed E-state index contributed by atoms with van der Waals surface area (Å²) in [6.45, 7) is 6.41. The molecule has 1 saturated heterocycles. The van der Waals surface area contributed by atoms with Gasteiger partial charge in [-0.3, -0.25) is 4.90 Å². The van der Waals surface area contributed by atoms with E-state index in [1.807, 2.05) is 12.1 Å². The lowest BCUT2D eigenvalue weighted by molar-refractivity contribution is -0.140. The monoisotopic (exact) mass is 516 g/mol. The zero-order valence-electron chi connectivity index (χ0n) is 21.9. The number of rotatable bonds is 7. The van der Waals surface area contributed by atoms with Gasteiger partial charge in [0.15, 0.2) is 0 Å². The van der Waals surface area contributed by atoms with Crippen LogP contribution in [0.5, 0.6) is 0 Å². The molecule has 1 fully saturated rings. The van der Waals surface area contributed by atoms with E-state index in [1.54, 1.807) is 26.0 Å². The molecule has 2 aromatic carbocycles. The van der Waals surface area contributed by atoms with Crippen molar-refractivity contribution >= 4 is 23.0 Å². The zero-order chi connectivity index (χ0) is 26.6. The van der Waals surface area contributed by atoms with E-state index < -0.39 is 17.9 Å². The van der Waals surface area contributed by atoms with E-state index in [1.165, 1.54) is 12.7 Å². The first kappa shape index (κ1) is 25.7. The summed E-state index contributed by atoms with van der Waals surface area (Å²) in [5.41, 5.74) is 4.91. The number of allylic oxidation sites excluding steroid dienone is 2. The molecule has 0 saturated carbocycles. The highest BCUT2D eigenvalue weighted by atomic mass is 16.6. The van der Waals surface area contributed by atoms with Crippen molar-refractivity contribution in [3.63, 3.8) is 0 Å². The van der Waals surface area contributed by atoms with E-state index in [4.69, 9.17) is 14.1 Å². The molecule has 0 amide bonds. The second-order valence-electron chi connectivity index (χ2n) is 9.77. The number of esters is 2. The summed E-state index contributed by atoms with van der Waals surface area (Å²) in [4.78, 5) is 28.8. The average Bonchev–Trinajstić information content (AvgIpc) is 3.42. The van der Waals surface area contributed by atoms with Gasteiger partial charge in [-0.1, -0.05) is 42.5 Å². The number of dihydropyridines is 1. The molecule has 38 heavy (non-hydrogen) atoms. The number of nitrogens with one attached hydrogen (secondary N) is 1. The van der Waals surface area contributed by atoms with Gasteiger partial charge in [0.25, 0.3) is 0 Å². The number of likely N-dealkylation sites (tertiary alicyclic amines) is 1. The van der Waals surface area contributed by atoms with Crippen molar-refractivity contribution in [1.82, 2.24) is 20.5 Å². The zero-order valence-corrected chi connectivity index (χ0v) is 21.9. The fraction of sp³-hybridized carbons (Fsp3) is 0.379. The van der Waals surface area contributed by atoms with Gasteiger partial charge < -0.3 is 14.8 Å². The molecule has 5 rings (SSSR count). The largest absolute Gasteiger partial charge is 0.466 e. The molecule has 9 nitrogen and oxygen atoms in total. The van der Waals surface area contributed by atoms with Gasteiger partial charge in [-0.2, -0.15) is 0 Å². The van der Waals surface area contributed by atoms with E-state index in [0.717, 1.165) is 25.9 Å². The Morgan fingerprint density at radius 3 is 2.39 bits per heavy atom. The van der Waals surface area contributed by atoms with Crippen LogP contribution in [0.15, 0.2) is 75.7 Å². The third-order valence-corrected chi connectivity index (χ3v) is 7.51. The molecule has 1 unspecified atom stereocenters. The normalized spacial score (nSPS) is 19.0. The van der Waals surface area contributed by atoms with Gasteiger partial charge in [-0.05, 0) is 73.2 Å². The van der Waals surface area contributed by atoms with Crippen LogP contribution in [0.4, 0.5) is 0 Å². The van der Waals surface area contributed by atoms with Crippen molar-refractivity contribution < 1.29 is 23.7 Å². The molecule has 1 atom stereocenters. The van der Waals surface area contributed by atoms with Gasteiger partial charge in [-0.25, -0.2) is 14.2 Å². The number of methoxy groups -OCH3 is 1. The quantitative estimate of drug-likeness (QED) is 0.465. The lowest BCUT2D eigenvalue weighted by Crippen LogP contribution is -2.36. The van der Waals surface area contributed by atoms with Crippen LogP contribution < -0.4 is 5.32 Å². The van der Waals surface area contributed by atoms with Crippen LogP contribution >= 0.6 is 0 Å². The van der Waals surface area contributed by atoms with Crippen molar-refractivity contribution in [2.45, 2.75) is 38.5 Å². The molecule has 0 aliphatic carbocycles. The summed E-state index contributed by atoms with van der Waals surface area (Å²) < 4.78 is 15.8. The Bertz CT molecular complexity index is 1390. The Morgan fingerprint density at radius 1 is 0.974 bits per heavy atom. The summed E-state index contributed by atoms with van der Waals surface area (Å²) in [7, 11) is 1.32. The van der Waals surface area contributed by atoms with Crippen LogP contribution in [0.25, 0.3) is 11.0 Å². The van der Waals surface area contributed by atoms with Crippen LogP contribution in [-0.2, 0) is 19.1 Å². The number of fused-ring (bicyclic) bond motifs is 1. The molecule has 0 spiro atoms. The summed E-state index contributed by atoms with van der Waals surface area (Å²) in [6, 6.07) is 16.0. The van der Waals surface area contributed by atoms with Crippen LogP contribution in [0.3, 0.4) is 0 Å². The molecule has 2 aliphatic heterocycles. The van der Waals surface area contributed by atoms with Crippen molar-refractivity contribution in [2.24, 2.45) is 0 Å². The molecule has 1 aromatic heterocycles. The molecule has 0 bridgehead atoms. The molecule has 198 valence electrons. The summed E-state index contributed by atoms with van der Waals surface area (Å²) >= 11 is 0. The van der Waals surface area contributed by atoms with Crippen LogP contribution in [0.2, 0.25) is 0 Å². The highest BCUT2D eigenvalue weighted by Gasteiger charge is 2.39. The molecular weight excluding hydrogens is 484 g/mol. The number of nitrogens with zero attached hydrogens (tertiary/aromatic N) is 3. The first-order valence-corrected chi connectivity index (χ1v) is 12.9. The van der Waals surface area contributed by atoms with Crippen LogP contribution in [0, 0.1) is 0 Å². The summed E-state index contributed by atoms with van der Waals surface area (Å²) in [5.74, 6) is -1.19. The fourth-order valence-electron chi connectivity index (χ4n) is 5.58. The smallest absolute Gasteiger partial charge is 0.336 e. The number of aromatic nitrogens is 2. The van der Waals surface area contributed by atoms with E-state index in [0.29, 0.717) is 51.6 Å². The predicted molar refractivity (Wildman–Crippen MR) is 141 cm³/mol. The van der Waals surface area contributed by atoms with Gasteiger partial charge in [-0.15, -0.1) is 0 Å². The van der Waals surface area contributed by atoms with Gasteiger partial charge in [0.2, 0.25) is 0 Å². The average molecular weight is 517 g/mol. The van der Waals surface area contributed by atoms with Gasteiger partial charge >= 0.3 is 11.9 Å². The standard InChI is InChI=1S/C29H32N4O5/c1-18-24(28(34)36-3)26(22-10-7-11-23-27(22)32-38-31-23)25(19(2)30-18)29(35)37-17-16-33-14-12-21(13-15-33)20-8-5-4-6-9-20/h4-11,21,26,30H,12-17H2,1-3H3. The number of ether oxygens (including phenoxy) is 2. The Balaban J connectivity index is 1.31. The SMILES string of the molecule is COC(=O)C1=C(C)NC(C)=C(C(=O)OCCN2CCC(c3ccccc3)CC2)C1c1cccc2nonc12. The number of benzene rings is 2. The Morgan fingerprint density at radius 2 is 1.68 bits per heavy atom. The predicted octanol–water partition coefficient (Wildman–Crippen LogP) is 4.05. The van der Waals surface area contributed by atoms with Crippen LogP contribution in [-0.4, -0.2) is 60.5 Å². The van der Waals surface area contributed by atoms with Crippen molar-refractivity contribution in [3.05, 3.63) is 82.2 Å². The molecular formula is C29H32N4O5. The summed E-state index contributed by atoms with van der Waals surface area (Å²) in [6.07, 6.45) is 2.16. The second kappa shape index (κ2) is 11.2. The third-order valence-electron chi connectivity index (χ3n) is 7.51. The molecule has 3 aromatic rings. The van der Waals surface area contributed by atoms with Crippen molar-refractivity contribution in [1.29, 1.82) is 0 Å². The van der Waals surface area contributed by atoms with E-state index >= 15 is 0 Å². The maximum absolute atomic E-state index is 13.5. The number of piperidine rings is 1. The first-order valence-electron chi connectivity index (χ1n) is 12.9. The minimum Gasteiger partial charge on any atom is -0.466 e. The number of hydrogen-bond acceptors (Lipinski definition) is 9. The van der Waals surface area contributed by atoms with E-state index in [9.17, 15) is 9.59 Å².